The van der Waals surface area contributed by atoms with Crippen molar-refractivity contribution in [2.45, 2.75) is 52.5 Å². The van der Waals surface area contributed by atoms with Gasteiger partial charge in [0.25, 0.3) is 0 Å². The number of nitrogens with one attached hydrogen (secondary N) is 1. The summed E-state index contributed by atoms with van der Waals surface area (Å²) in [7, 11) is 0. The van der Waals surface area contributed by atoms with Crippen LogP contribution in [0.15, 0.2) is 0 Å². The Hall–Kier alpha value is 0.440. The average molecular weight is 250 g/mol. The average Bonchev–Trinajstić information content (AvgIpc) is 1.98. The van der Waals surface area contributed by atoms with Crippen LogP contribution in [0.2, 0.25) is 0 Å². The highest BCUT2D eigenvalue weighted by molar-refractivity contribution is 9.09. The molecule has 0 atom stereocenters. The van der Waals surface area contributed by atoms with Gasteiger partial charge in [0.15, 0.2) is 0 Å². The van der Waals surface area contributed by atoms with Gasteiger partial charge in [-0.05, 0) is 45.6 Å². The van der Waals surface area contributed by atoms with Crippen molar-refractivity contribution >= 4 is 15.9 Å². The SMILES string of the molecule is CC(C)CCCNC(C)(C)CCBr. The zero-order chi connectivity index (χ0) is 10.3. The molecule has 0 spiro atoms. The summed E-state index contributed by atoms with van der Waals surface area (Å²) in [6.07, 6.45) is 3.81. The summed E-state index contributed by atoms with van der Waals surface area (Å²) in [6.45, 7) is 10.2. The molecule has 0 amide bonds. The van der Waals surface area contributed by atoms with E-state index in [1.54, 1.807) is 0 Å². The fraction of sp³-hybridized carbons (Fsp3) is 1.00. The number of hydrogen-bond donors (Lipinski definition) is 1. The number of halogens is 1. The van der Waals surface area contributed by atoms with Crippen molar-refractivity contribution in [1.29, 1.82) is 0 Å². The Balaban J connectivity index is 3.40. The van der Waals surface area contributed by atoms with Crippen LogP contribution in [-0.2, 0) is 0 Å². The van der Waals surface area contributed by atoms with Crippen LogP contribution in [0.3, 0.4) is 0 Å². The molecule has 2 heteroatoms. The molecule has 0 aromatic heterocycles. The number of rotatable bonds is 7. The molecule has 13 heavy (non-hydrogen) atoms. The molecule has 0 saturated heterocycles. The van der Waals surface area contributed by atoms with E-state index in [0.717, 1.165) is 17.8 Å². The highest BCUT2D eigenvalue weighted by Gasteiger charge is 2.14. The van der Waals surface area contributed by atoms with Crippen molar-refractivity contribution < 1.29 is 0 Å². The van der Waals surface area contributed by atoms with E-state index in [-0.39, 0.29) is 0 Å². The molecule has 0 aromatic rings. The van der Waals surface area contributed by atoms with Gasteiger partial charge in [0.2, 0.25) is 0 Å². The maximum absolute atomic E-state index is 3.59. The Bertz CT molecular complexity index is 121. The Kier molecular flexibility index (Phi) is 7.06. The molecule has 0 bridgehead atoms. The van der Waals surface area contributed by atoms with E-state index in [0.29, 0.717) is 5.54 Å². The first-order chi connectivity index (χ1) is 5.98. The van der Waals surface area contributed by atoms with Crippen LogP contribution in [0.5, 0.6) is 0 Å². The molecular weight excluding hydrogens is 226 g/mol. The molecule has 0 aliphatic rings. The lowest BCUT2D eigenvalue weighted by Gasteiger charge is -2.25. The minimum Gasteiger partial charge on any atom is -0.312 e. The first kappa shape index (κ1) is 13.4. The molecule has 0 radical (unpaired) electrons. The summed E-state index contributed by atoms with van der Waals surface area (Å²) in [5, 5.41) is 4.67. The fourth-order valence-corrected chi connectivity index (χ4v) is 2.25. The second kappa shape index (κ2) is 6.83. The molecule has 0 saturated carbocycles. The summed E-state index contributed by atoms with van der Waals surface area (Å²) < 4.78 is 0. The topological polar surface area (TPSA) is 12.0 Å². The van der Waals surface area contributed by atoms with Crippen LogP contribution in [0.25, 0.3) is 0 Å². The summed E-state index contributed by atoms with van der Waals surface area (Å²) in [6, 6.07) is 0. The van der Waals surface area contributed by atoms with Gasteiger partial charge in [0, 0.05) is 10.9 Å². The van der Waals surface area contributed by atoms with Crippen molar-refractivity contribution in [1.82, 2.24) is 5.32 Å². The van der Waals surface area contributed by atoms with Gasteiger partial charge in [0.1, 0.15) is 0 Å². The van der Waals surface area contributed by atoms with Crippen LogP contribution >= 0.6 is 15.9 Å². The summed E-state index contributed by atoms with van der Waals surface area (Å²) in [5.74, 6) is 0.834. The zero-order valence-electron chi connectivity index (χ0n) is 9.49. The summed E-state index contributed by atoms with van der Waals surface area (Å²) in [4.78, 5) is 0. The maximum atomic E-state index is 3.59. The van der Waals surface area contributed by atoms with Gasteiger partial charge < -0.3 is 5.32 Å². The monoisotopic (exact) mass is 249 g/mol. The van der Waals surface area contributed by atoms with Crippen molar-refractivity contribution in [3.8, 4) is 0 Å². The van der Waals surface area contributed by atoms with Crippen molar-refractivity contribution in [3.63, 3.8) is 0 Å². The number of hydrogen-bond acceptors (Lipinski definition) is 1. The molecule has 1 N–H and O–H groups in total. The van der Waals surface area contributed by atoms with Gasteiger partial charge in [-0.2, -0.15) is 0 Å². The Morgan fingerprint density at radius 1 is 1.31 bits per heavy atom. The lowest BCUT2D eigenvalue weighted by molar-refractivity contribution is 0.369. The molecule has 0 fully saturated rings. The van der Waals surface area contributed by atoms with Crippen LogP contribution in [0.4, 0.5) is 0 Å². The van der Waals surface area contributed by atoms with E-state index >= 15 is 0 Å². The molecule has 0 unspecified atom stereocenters. The summed E-state index contributed by atoms with van der Waals surface area (Å²) >= 11 is 3.48. The van der Waals surface area contributed by atoms with Gasteiger partial charge in [-0.1, -0.05) is 29.8 Å². The molecule has 0 heterocycles. The predicted molar refractivity (Wildman–Crippen MR) is 64.6 cm³/mol. The fourth-order valence-electron chi connectivity index (χ4n) is 1.26. The third-order valence-electron chi connectivity index (χ3n) is 2.28. The van der Waals surface area contributed by atoms with Crippen LogP contribution in [-0.4, -0.2) is 17.4 Å². The van der Waals surface area contributed by atoms with E-state index in [9.17, 15) is 0 Å². The molecule has 1 nitrogen and oxygen atoms in total. The molecule has 0 rings (SSSR count). The Labute approximate surface area is 91.8 Å². The van der Waals surface area contributed by atoms with Gasteiger partial charge in [-0.3, -0.25) is 0 Å². The van der Waals surface area contributed by atoms with Crippen LogP contribution < -0.4 is 5.32 Å². The normalized spacial score (nSPS) is 12.5. The minimum absolute atomic E-state index is 0.292. The minimum atomic E-state index is 0.292. The molecule has 80 valence electrons. The second-order valence-electron chi connectivity index (χ2n) is 4.79. The quantitative estimate of drug-likeness (QED) is 0.538. The highest BCUT2D eigenvalue weighted by atomic mass is 79.9. The second-order valence-corrected chi connectivity index (χ2v) is 5.58. The first-order valence-corrected chi connectivity index (χ1v) is 6.41. The van der Waals surface area contributed by atoms with Gasteiger partial charge in [-0.15, -0.1) is 0 Å². The standard InChI is InChI=1S/C11H24BrN/c1-10(2)6-5-9-13-11(3,4)7-8-12/h10,13H,5-9H2,1-4H3. The van der Waals surface area contributed by atoms with Crippen LogP contribution in [0.1, 0.15) is 47.0 Å². The Morgan fingerprint density at radius 3 is 2.38 bits per heavy atom. The smallest absolute Gasteiger partial charge is 0.0133 e. The van der Waals surface area contributed by atoms with E-state index in [4.69, 9.17) is 0 Å². The van der Waals surface area contributed by atoms with Crippen LogP contribution in [0, 0.1) is 5.92 Å². The third kappa shape index (κ3) is 8.76. The van der Waals surface area contributed by atoms with Gasteiger partial charge >= 0.3 is 0 Å². The van der Waals surface area contributed by atoms with Crippen molar-refractivity contribution in [3.05, 3.63) is 0 Å². The van der Waals surface area contributed by atoms with E-state index in [2.05, 4.69) is 48.9 Å². The zero-order valence-corrected chi connectivity index (χ0v) is 11.1. The molecule has 0 aromatic carbocycles. The largest absolute Gasteiger partial charge is 0.312 e. The van der Waals surface area contributed by atoms with E-state index in [1.807, 2.05) is 0 Å². The van der Waals surface area contributed by atoms with Gasteiger partial charge in [0.05, 0.1) is 0 Å². The molecular formula is C11H24BrN. The van der Waals surface area contributed by atoms with E-state index in [1.165, 1.54) is 19.3 Å². The first-order valence-electron chi connectivity index (χ1n) is 5.29. The Morgan fingerprint density at radius 2 is 1.92 bits per heavy atom. The third-order valence-corrected chi connectivity index (χ3v) is 2.68. The molecule has 0 aliphatic carbocycles. The highest BCUT2D eigenvalue weighted by Crippen LogP contribution is 2.10. The van der Waals surface area contributed by atoms with Crippen molar-refractivity contribution in [2.75, 3.05) is 11.9 Å². The summed E-state index contributed by atoms with van der Waals surface area (Å²) in [5.41, 5.74) is 0.292. The predicted octanol–water partition coefficient (Wildman–Crippen LogP) is 3.58. The van der Waals surface area contributed by atoms with Crippen molar-refractivity contribution in [2.24, 2.45) is 5.92 Å². The number of alkyl halides is 1. The van der Waals surface area contributed by atoms with E-state index < -0.39 is 0 Å². The lowest BCUT2D eigenvalue weighted by atomic mass is 10.0. The van der Waals surface area contributed by atoms with Gasteiger partial charge in [-0.25, -0.2) is 0 Å². The lowest BCUT2D eigenvalue weighted by Crippen LogP contribution is -2.40. The molecule has 0 aliphatic heterocycles. The maximum Gasteiger partial charge on any atom is 0.0133 e.